The molecule has 8 nitrogen and oxygen atoms in total. The zero-order valence-corrected chi connectivity index (χ0v) is 11.5. The van der Waals surface area contributed by atoms with Crippen molar-refractivity contribution < 1.29 is 23.1 Å². The van der Waals surface area contributed by atoms with E-state index < -0.39 is 15.8 Å². The van der Waals surface area contributed by atoms with E-state index in [9.17, 15) is 13.2 Å². The number of methoxy groups -OCH3 is 1. The molecular formula is C11H11N3O5S. The topological polar surface area (TPSA) is 111 Å². The largest absolute Gasteiger partial charge is 0.480 e. The molecule has 0 aliphatic heterocycles. The van der Waals surface area contributed by atoms with Crippen molar-refractivity contribution in [1.82, 2.24) is 14.8 Å². The minimum atomic E-state index is -3.34. The van der Waals surface area contributed by atoms with Gasteiger partial charge in [-0.15, -0.1) is 0 Å². The first kappa shape index (κ1) is 14.0. The molecule has 0 fully saturated rings. The number of ether oxygens (including phenoxy) is 1. The number of nitrogens with zero attached hydrogens (tertiary/aromatic N) is 3. The quantitative estimate of drug-likeness (QED) is 0.868. The van der Waals surface area contributed by atoms with E-state index in [1.807, 2.05) is 0 Å². The summed E-state index contributed by atoms with van der Waals surface area (Å²) in [6.07, 6.45) is 3.38. The van der Waals surface area contributed by atoms with Crippen molar-refractivity contribution in [3.8, 4) is 11.7 Å². The predicted molar refractivity (Wildman–Crippen MR) is 68.0 cm³/mol. The van der Waals surface area contributed by atoms with Crippen LogP contribution in [0, 0.1) is 0 Å². The maximum atomic E-state index is 11.3. The molecule has 0 radical (unpaired) electrons. The Hall–Kier alpha value is -2.42. The summed E-state index contributed by atoms with van der Waals surface area (Å²) in [6.45, 7) is 0. The second-order valence-corrected chi connectivity index (χ2v) is 5.92. The highest BCUT2D eigenvalue weighted by Gasteiger charge is 2.19. The van der Waals surface area contributed by atoms with Gasteiger partial charge in [-0.3, -0.25) is 0 Å². The highest BCUT2D eigenvalue weighted by Crippen LogP contribution is 2.21. The second kappa shape index (κ2) is 4.93. The monoisotopic (exact) mass is 297 g/mol. The summed E-state index contributed by atoms with van der Waals surface area (Å²) < 4.78 is 28.8. The molecule has 0 aliphatic carbocycles. The molecule has 0 spiro atoms. The number of carboxylic acids is 1. The fourth-order valence-corrected chi connectivity index (χ4v) is 2.12. The Balaban J connectivity index is 2.50. The van der Waals surface area contributed by atoms with Crippen molar-refractivity contribution >= 4 is 15.8 Å². The van der Waals surface area contributed by atoms with Crippen LogP contribution in [0.15, 0.2) is 29.4 Å². The third-order valence-corrected chi connectivity index (χ3v) is 3.61. The van der Waals surface area contributed by atoms with Crippen molar-refractivity contribution in [2.45, 2.75) is 4.90 Å². The summed E-state index contributed by atoms with van der Waals surface area (Å²) in [6, 6.07) is 2.77. The summed E-state index contributed by atoms with van der Waals surface area (Å²) in [4.78, 5) is 15.0. The van der Waals surface area contributed by atoms with Gasteiger partial charge in [0.1, 0.15) is 5.56 Å². The number of carboxylic acid groups (broad SMARTS) is 1. The van der Waals surface area contributed by atoms with Gasteiger partial charge in [0, 0.05) is 12.5 Å². The van der Waals surface area contributed by atoms with E-state index in [1.165, 1.54) is 30.1 Å². The Morgan fingerprint density at radius 2 is 2.05 bits per heavy atom. The smallest absolute Gasteiger partial charge is 0.342 e. The van der Waals surface area contributed by atoms with E-state index in [-0.39, 0.29) is 22.2 Å². The van der Waals surface area contributed by atoms with E-state index in [2.05, 4.69) is 10.1 Å². The van der Waals surface area contributed by atoms with Gasteiger partial charge in [-0.1, -0.05) is 0 Å². The van der Waals surface area contributed by atoms with Crippen LogP contribution in [0.25, 0.3) is 5.82 Å². The highest BCUT2D eigenvalue weighted by atomic mass is 32.2. The lowest BCUT2D eigenvalue weighted by Gasteiger charge is -2.06. The van der Waals surface area contributed by atoms with E-state index in [0.29, 0.717) is 0 Å². The fourth-order valence-electron chi connectivity index (χ4n) is 1.56. The standard InChI is InChI=1S/C11H11N3O5S/c1-19-10-8(11(15)16)6-13-14(10)9-4-3-7(5-12-9)20(2,17)18/h3-6H,1-2H3,(H,15,16). The van der Waals surface area contributed by atoms with Crippen LogP contribution in [0.5, 0.6) is 5.88 Å². The Morgan fingerprint density at radius 3 is 2.50 bits per heavy atom. The van der Waals surface area contributed by atoms with Crippen molar-refractivity contribution in [2.75, 3.05) is 13.4 Å². The summed E-state index contributed by atoms with van der Waals surface area (Å²) in [5.41, 5.74) is -0.110. The molecule has 2 aromatic heterocycles. The highest BCUT2D eigenvalue weighted by molar-refractivity contribution is 7.90. The maximum Gasteiger partial charge on any atom is 0.342 e. The van der Waals surface area contributed by atoms with Crippen molar-refractivity contribution in [3.05, 3.63) is 30.1 Å². The number of carbonyl (C=O) groups is 1. The number of rotatable bonds is 4. The average molecular weight is 297 g/mol. The molecule has 0 atom stereocenters. The summed E-state index contributed by atoms with van der Waals surface area (Å²) in [7, 11) is -2.03. The van der Waals surface area contributed by atoms with E-state index in [4.69, 9.17) is 9.84 Å². The molecule has 1 N–H and O–H groups in total. The lowest BCUT2D eigenvalue weighted by molar-refractivity contribution is 0.0693. The van der Waals surface area contributed by atoms with Gasteiger partial charge >= 0.3 is 5.97 Å². The lowest BCUT2D eigenvalue weighted by atomic mass is 10.3. The van der Waals surface area contributed by atoms with E-state index in [1.54, 1.807) is 0 Å². The van der Waals surface area contributed by atoms with Crippen molar-refractivity contribution in [1.29, 1.82) is 0 Å². The van der Waals surface area contributed by atoms with E-state index in [0.717, 1.165) is 12.5 Å². The molecule has 0 saturated carbocycles. The molecule has 0 aromatic carbocycles. The molecule has 2 rings (SSSR count). The Morgan fingerprint density at radius 1 is 1.35 bits per heavy atom. The normalized spacial score (nSPS) is 11.3. The van der Waals surface area contributed by atoms with Gasteiger partial charge in [-0.2, -0.15) is 9.78 Å². The molecule has 20 heavy (non-hydrogen) atoms. The number of hydrogen-bond acceptors (Lipinski definition) is 6. The number of hydrogen-bond donors (Lipinski definition) is 1. The molecule has 9 heteroatoms. The van der Waals surface area contributed by atoms with Gasteiger partial charge in [0.05, 0.1) is 18.2 Å². The van der Waals surface area contributed by atoms with Gasteiger partial charge in [0.25, 0.3) is 0 Å². The third-order valence-electron chi connectivity index (χ3n) is 2.51. The predicted octanol–water partition coefficient (Wildman–Crippen LogP) is 0.378. The summed E-state index contributed by atoms with van der Waals surface area (Å²) in [5, 5.41) is 12.8. The van der Waals surface area contributed by atoms with Crippen LogP contribution in [-0.4, -0.2) is 47.6 Å². The van der Waals surface area contributed by atoms with Crippen LogP contribution in [-0.2, 0) is 9.84 Å². The van der Waals surface area contributed by atoms with Gasteiger partial charge in [-0.05, 0) is 12.1 Å². The average Bonchev–Trinajstić information content (AvgIpc) is 2.81. The van der Waals surface area contributed by atoms with Gasteiger partial charge < -0.3 is 9.84 Å². The fraction of sp³-hybridized carbons (Fsp3) is 0.182. The Labute approximate surface area is 114 Å². The minimum Gasteiger partial charge on any atom is -0.480 e. The molecule has 106 valence electrons. The van der Waals surface area contributed by atoms with Crippen LogP contribution in [0.1, 0.15) is 10.4 Å². The molecule has 2 aromatic rings. The van der Waals surface area contributed by atoms with Crippen LogP contribution < -0.4 is 4.74 Å². The SMILES string of the molecule is COc1c(C(=O)O)cnn1-c1ccc(S(C)(=O)=O)cn1. The lowest BCUT2D eigenvalue weighted by Crippen LogP contribution is -2.06. The molecular weight excluding hydrogens is 286 g/mol. The molecule has 0 bridgehead atoms. The zero-order valence-electron chi connectivity index (χ0n) is 10.6. The first-order chi connectivity index (χ1) is 9.34. The molecule has 0 amide bonds. The first-order valence-electron chi connectivity index (χ1n) is 5.36. The molecule has 0 aliphatic rings. The van der Waals surface area contributed by atoms with Crippen molar-refractivity contribution in [3.63, 3.8) is 0 Å². The summed E-state index contributed by atoms with van der Waals surface area (Å²) in [5.74, 6) is -0.917. The maximum absolute atomic E-state index is 11.3. The van der Waals surface area contributed by atoms with Crippen LogP contribution in [0.4, 0.5) is 0 Å². The third kappa shape index (κ3) is 2.48. The minimum absolute atomic E-state index is 0.0112. The van der Waals surface area contributed by atoms with Crippen LogP contribution in [0.3, 0.4) is 0 Å². The molecule has 2 heterocycles. The molecule has 0 unspecified atom stereocenters. The van der Waals surface area contributed by atoms with Gasteiger partial charge in [0.2, 0.25) is 5.88 Å². The van der Waals surface area contributed by atoms with Crippen molar-refractivity contribution in [2.24, 2.45) is 0 Å². The van der Waals surface area contributed by atoms with Gasteiger partial charge in [-0.25, -0.2) is 18.2 Å². The van der Waals surface area contributed by atoms with Crippen LogP contribution >= 0.6 is 0 Å². The Kier molecular flexibility index (Phi) is 3.45. The number of sulfone groups is 1. The summed E-state index contributed by atoms with van der Waals surface area (Å²) >= 11 is 0. The number of aromatic carboxylic acids is 1. The molecule has 0 saturated heterocycles. The first-order valence-corrected chi connectivity index (χ1v) is 7.25. The number of aromatic nitrogens is 3. The van der Waals surface area contributed by atoms with Crippen LogP contribution in [0.2, 0.25) is 0 Å². The Bertz CT molecular complexity index is 749. The zero-order chi connectivity index (χ0) is 14.9. The second-order valence-electron chi connectivity index (χ2n) is 3.91. The van der Waals surface area contributed by atoms with E-state index >= 15 is 0 Å². The number of pyridine rings is 1. The van der Waals surface area contributed by atoms with Gasteiger partial charge in [0.15, 0.2) is 15.7 Å².